The number of aliphatic carboxylic acids is 1. The summed E-state index contributed by atoms with van der Waals surface area (Å²) in [5, 5.41) is 7.83. The Morgan fingerprint density at radius 1 is 1.44 bits per heavy atom. The molecule has 0 spiro atoms. The fourth-order valence-corrected chi connectivity index (χ4v) is 0.216. The number of carbonyl (C=O) groups is 2. The van der Waals surface area contributed by atoms with E-state index < -0.39 is 24.8 Å². The van der Waals surface area contributed by atoms with Crippen molar-refractivity contribution in [1.82, 2.24) is 0 Å². The van der Waals surface area contributed by atoms with Crippen LogP contribution in [0, 0.1) is 0 Å². The summed E-state index contributed by atoms with van der Waals surface area (Å²) in [4.78, 5) is 19.4. The molecule has 0 aromatic heterocycles. The second kappa shape index (κ2) is 5.17. The molecule has 54 valence electrons. The summed E-state index contributed by atoms with van der Waals surface area (Å²) in [6.07, 6.45) is -0.712. The molecular formula is C4H7FO4. The number of carboxylic acids is 1. The van der Waals surface area contributed by atoms with Gasteiger partial charge in [-0.15, -0.1) is 0 Å². The average Bonchev–Trinajstić information content (AvgIpc) is 1.65. The number of hydrogen-bond acceptors (Lipinski definition) is 2. The molecule has 0 aromatic rings. The second-order valence-corrected chi connectivity index (χ2v) is 1.24. The van der Waals surface area contributed by atoms with Gasteiger partial charge >= 0.3 is 5.97 Å². The van der Waals surface area contributed by atoms with Gasteiger partial charge in [-0.05, 0) is 0 Å². The molecule has 0 saturated heterocycles. The Morgan fingerprint density at radius 3 is 2.00 bits per heavy atom. The maximum absolute atomic E-state index is 11.1. The zero-order valence-corrected chi connectivity index (χ0v) is 4.56. The van der Waals surface area contributed by atoms with Crippen LogP contribution in [0.5, 0.6) is 0 Å². The summed E-state index contributed by atoms with van der Waals surface area (Å²) in [5.74, 6) is -2.18. The van der Waals surface area contributed by atoms with Crippen molar-refractivity contribution in [2.45, 2.75) is 6.42 Å². The highest BCUT2D eigenvalue weighted by atomic mass is 19.1. The summed E-state index contributed by atoms with van der Waals surface area (Å²) in [7, 11) is 0. The quantitative estimate of drug-likeness (QED) is 0.516. The molecule has 0 aliphatic rings. The molecule has 0 amide bonds. The third-order valence-corrected chi connectivity index (χ3v) is 0.497. The molecule has 0 aliphatic heterocycles. The first-order valence-corrected chi connectivity index (χ1v) is 1.96. The number of Topliss-reactive ketones (excluding diaryl/α,β-unsaturated/α-hetero) is 1. The summed E-state index contributed by atoms with van der Waals surface area (Å²) in [6.45, 7) is -1.19. The Hall–Kier alpha value is -0.970. The van der Waals surface area contributed by atoms with Gasteiger partial charge in [0.15, 0.2) is 5.78 Å². The van der Waals surface area contributed by atoms with E-state index in [9.17, 15) is 14.0 Å². The van der Waals surface area contributed by atoms with Crippen LogP contribution in [-0.4, -0.2) is 29.0 Å². The molecule has 4 nitrogen and oxygen atoms in total. The van der Waals surface area contributed by atoms with Gasteiger partial charge < -0.3 is 10.6 Å². The largest absolute Gasteiger partial charge is 0.481 e. The molecule has 0 aliphatic carbocycles. The molecule has 0 fully saturated rings. The number of hydrogen-bond donors (Lipinski definition) is 1. The monoisotopic (exact) mass is 138 g/mol. The molecular weight excluding hydrogens is 131 g/mol. The van der Waals surface area contributed by atoms with Crippen LogP contribution in [0.2, 0.25) is 0 Å². The summed E-state index contributed by atoms with van der Waals surface area (Å²) in [5.41, 5.74) is 0. The Balaban J connectivity index is 0. The van der Waals surface area contributed by atoms with Crippen molar-refractivity contribution in [2.24, 2.45) is 0 Å². The Morgan fingerprint density at radius 2 is 1.89 bits per heavy atom. The zero-order valence-electron chi connectivity index (χ0n) is 4.56. The van der Waals surface area contributed by atoms with Gasteiger partial charge in [-0.3, -0.25) is 9.59 Å². The topological polar surface area (TPSA) is 85.9 Å². The molecule has 0 rings (SSSR count). The molecule has 5 heteroatoms. The SMILES string of the molecule is O.O=C(O)CC(=O)CF. The highest BCUT2D eigenvalue weighted by Crippen LogP contribution is 1.82. The van der Waals surface area contributed by atoms with E-state index in [0.29, 0.717) is 0 Å². The van der Waals surface area contributed by atoms with E-state index in [4.69, 9.17) is 5.11 Å². The van der Waals surface area contributed by atoms with Crippen LogP contribution in [0.3, 0.4) is 0 Å². The minimum Gasteiger partial charge on any atom is -0.481 e. The van der Waals surface area contributed by atoms with Gasteiger partial charge in [-0.2, -0.15) is 0 Å². The lowest BCUT2D eigenvalue weighted by molar-refractivity contribution is -0.140. The first-order valence-electron chi connectivity index (χ1n) is 1.96. The Labute approximate surface area is 50.6 Å². The highest BCUT2D eigenvalue weighted by molar-refractivity contribution is 5.95. The zero-order chi connectivity index (χ0) is 6.57. The first-order chi connectivity index (χ1) is 3.66. The van der Waals surface area contributed by atoms with Gasteiger partial charge in [0.05, 0.1) is 0 Å². The smallest absolute Gasteiger partial charge is 0.310 e. The van der Waals surface area contributed by atoms with Gasteiger partial charge in [0.25, 0.3) is 0 Å². The van der Waals surface area contributed by atoms with Gasteiger partial charge in [0.2, 0.25) is 0 Å². The maximum Gasteiger partial charge on any atom is 0.310 e. The number of alkyl halides is 1. The summed E-state index contributed by atoms with van der Waals surface area (Å²) >= 11 is 0. The van der Waals surface area contributed by atoms with Crippen LogP contribution in [0.15, 0.2) is 0 Å². The van der Waals surface area contributed by atoms with E-state index in [1.165, 1.54) is 0 Å². The van der Waals surface area contributed by atoms with Crippen LogP contribution in [0.1, 0.15) is 6.42 Å². The van der Waals surface area contributed by atoms with E-state index >= 15 is 0 Å². The predicted molar refractivity (Wildman–Crippen MR) is 26.8 cm³/mol. The van der Waals surface area contributed by atoms with Crippen molar-refractivity contribution in [3.63, 3.8) is 0 Å². The summed E-state index contributed by atoms with van der Waals surface area (Å²) in [6, 6.07) is 0. The average molecular weight is 138 g/mol. The van der Waals surface area contributed by atoms with E-state index in [-0.39, 0.29) is 5.48 Å². The Kier molecular flexibility index (Phi) is 6.27. The maximum atomic E-state index is 11.1. The second-order valence-electron chi connectivity index (χ2n) is 1.24. The summed E-state index contributed by atoms with van der Waals surface area (Å²) < 4.78 is 11.1. The van der Waals surface area contributed by atoms with Crippen LogP contribution in [0.4, 0.5) is 4.39 Å². The van der Waals surface area contributed by atoms with Gasteiger partial charge in [-0.1, -0.05) is 0 Å². The van der Waals surface area contributed by atoms with E-state index in [0.717, 1.165) is 0 Å². The van der Waals surface area contributed by atoms with Crippen molar-refractivity contribution in [2.75, 3.05) is 6.67 Å². The molecule has 0 radical (unpaired) electrons. The minimum absolute atomic E-state index is 0. The number of carbonyl (C=O) groups excluding carboxylic acids is 1. The molecule has 0 heterocycles. The standard InChI is InChI=1S/C4H5FO3.H2O/c5-2-3(6)1-4(7)8;/h1-2H2,(H,7,8);1H2. The predicted octanol–water partition coefficient (Wildman–Crippen LogP) is -0.825. The van der Waals surface area contributed by atoms with Crippen molar-refractivity contribution >= 4 is 11.8 Å². The van der Waals surface area contributed by atoms with Crippen molar-refractivity contribution in [1.29, 1.82) is 0 Å². The number of rotatable bonds is 3. The number of ketones is 1. The Bertz CT molecular complexity index is 111. The van der Waals surface area contributed by atoms with Crippen LogP contribution >= 0.6 is 0 Å². The lowest BCUT2D eigenvalue weighted by Gasteiger charge is -1.84. The normalized spacial score (nSPS) is 7.67. The van der Waals surface area contributed by atoms with Crippen molar-refractivity contribution < 1.29 is 24.6 Å². The fraction of sp³-hybridized carbons (Fsp3) is 0.500. The lowest BCUT2D eigenvalue weighted by atomic mass is 10.3. The number of halogens is 1. The molecule has 9 heavy (non-hydrogen) atoms. The first kappa shape index (κ1) is 10.9. The molecule has 0 bridgehead atoms. The highest BCUT2D eigenvalue weighted by Gasteiger charge is 2.04. The van der Waals surface area contributed by atoms with Crippen LogP contribution in [0.25, 0.3) is 0 Å². The minimum atomic E-state index is -1.28. The molecule has 0 atom stereocenters. The van der Waals surface area contributed by atoms with Crippen LogP contribution < -0.4 is 0 Å². The van der Waals surface area contributed by atoms with Gasteiger partial charge in [-0.25, -0.2) is 4.39 Å². The van der Waals surface area contributed by atoms with Crippen molar-refractivity contribution in [3.05, 3.63) is 0 Å². The third kappa shape index (κ3) is 7.03. The van der Waals surface area contributed by atoms with E-state index in [1.807, 2.05) is 0 Å². The molecule has 0 aromatic carbocycles. The lowest BCUT2D eigenvalue weighted by Crippen LogP contribution is -2.07. The molecule has 3 N–H and O–H groups in total. The third-order valence-electron chi connectivity index (χ3n) is 0.497. The van der Waals surface area contributed by atoms with Gasteiger partial charge in [0.1, 0.15) is 13.1 Å². The number of carboxylic acid groups (broad SMARTS) is 1. The van der Waals surface area contributed by atoms with E-state index in [1.54, 1.807) is 0 Å². The molecule has 0 unspecified atom stereocenters. The fourth-order valence-electron chi connectivity index (χ4n) is 0.216. The van der Waals surface area contributed by atoms with Crippen molar-refractivity contribution in [3.8, 4) is 0 Å². The van der Waals surface area contributed by atoms with Crippen LogP contribution in [-0.2, 0) is 9.59 Å². The van der Waals surface area contributed by atoms with Gasteiger partial charge in [0, 0.05) is 0 Å². The molecule has 0 saturated carbocycles. The van der Waals surface area contributed by atoms with E-state index in [2.05, 4.69) is 0 Å².